The third-order valence-electron chi connectivity index (χ3n) is 2.88. The van der Waals surface area contributed by atoms with Crippen LogP contribution in [0.2, 0.25) is 0 Å². The zero-order chi connectivity index (χ0) is 15.2. The van der Waals surface area contributed by atoms with Crippen molar-refractivity contribution in [3.63, 3.8) is 0 Å². The van der Waals surface area contributed by atoms with Crippen LogP contribution in [-0.4, -0.2) is 10.8 Å². The molecule has 0 fully saturated rings. The molecule has 0 saturated carbocycles. The summed E-state index contributed by atoms with van der Waals surface area (Å²) in [5, 5.41) is 16.7. The Hall–Kier alpha value is -2.89. The van der Waals surface area contributed by atoms with E-state index in [1.807, 2.05) is 0 Å². The first-order valence-corrected chi connectivity index (χ1v) is 6.40. The summed E-state index contributed by atoms with van der Waals surface area (Å²) in [5.74, 6) is -0.129. The third kappa shape index (κ3) is 4.04. The van der Waals surface area contributed by atoms with Crippen LogP contribution in [0.3, 0.4) is 0 Å². The first-order valence-electron chi connectivity index (χ1n) is 6.40. The van der Waals surface area contributed by atoms with E-state index in [0.717, 1.165) is 5.69 Å². The van der Waals surface area contributed by atoms with Crippen molar-refractivity contribution in [2.24, 2.45) is 0 Å². The van der Waals surface area contributed by atoms with E-state index in [1.54, 1.807) is 42.5 Å². The predicted molar refractivity (Wildman–Crippen MR) is 81.2 cm³/mol. The molecular formula is C15H15N3O3. The van der Waals surface area contributed by atoms with Crippen LogP contribution < -0.4 is 10.6 Å². The Bertz CT molecular complexity index is 653. The Balaban J connectivity index is 2.03. The number of nitro groups is 1. The molecule has 0 aliphatic carbocycles. The van der Waals surface area contributed by atoms with Gasteiger partial charge in [-0.1, -0.05) is 18.2 Å². The molecule has 21 heavy (non-hydrogen) atoms. The van der Waals surface area contributed by atoms with E-state index in [4.69, 9.17) is 0 Å². The van der Waals surface area contributed by atoms with Crippen LogP contribution >= 0.6 is 0 Å². The highest BCUT2D eigenvalue weighted by molar-refractivity contribution is 5.88. The third-order valence-corrected chi connectivity index (χ3v) is 2.88. The van der Waals surface area contributed by atoms with Crippen molar-refractivity contribution in [2.45, 2.75) is 13.5 Å². The van der Waals surface area contributed by atoms with E-state index < -0.39 is 4.92 Å². The molecular weight excluding hydrogens is 270 g/mol. The summed E-state index contributed by atoms with van der Waals surface area (Å²) in [4.78, 5) is 21.4. The second-order valence-electron chi connectivity index (χ2n) is 4.50. The smallest absolute Gasteiger partial charge is 0.274 e. The monoisotopic (exact) mass is 285 g/mol. The molecule has 2 N–H and O–H groups in total. The predicted octanol–water partition coefficient (Wildman–Crippen LogP) is 3.17. The minimum absolute atomic E-state index is 0.0971. The molecule has 0 spiro atoms. The van der Waals surface area contributed by atoms with Gasteiger partial charge in [0.15, 0.2) is 0 Å². The second-order valence-corrected chi connectivity index (χ2v) is 4.50. The SMILES string of the molecule is CC(=O)Nc1ccc(NCc2ccccc2[N+](=O)[O-])cc1. The first kappa shape index (κ1) is 14.5. The average Bonchev–Trinajstić information content (AvgIpc) is 2.46. The molecule has 2 rings (SSSR count). The molecule has 0 aliphatic rings. The van der Waals surface area contributed by atoms with Crippen LogP contribution in [0.4, 0.5) is 17.1 Å². The molecule has 2 aromatic rings. The number of hydrogen-bond acceptors (Lipinski definition) is 4. The van der Waals surface area contributed by atoms with Crippen LogP contribution in [0, 0.1) is 10.1 Å². The first-order chi connectivity index (χ1) is 10.1. The van der Waals surface area contributed by atoms with Crippen molar-refractivity contribution in [1.82, 2.24) is 0 Å². The lowest BCUT2D eigenvalue weighted by molar-refractivity contribution is -0.385. The van der Waals surface area contributed by atoms with Crippen molar-refractivity contribution in [3.8, 4) is 0 Å². The van der Waals surface area contributed by atoms with Crippen LogP contribution in [0.15, 0.2) is 48.5 Å². The number of benzene rings is 2. The maximum atomic E-state index is 10.9. The van der Waals surface area contributed by atoms with Crippen molar-refractivity contribution in [3.05, 3.63) is 64.2 Å². The molecule has 0 unspecified atom stereocenters. The lowest BCUT2D eigenvalue weighted by atomic mass is 10.1. The summed E-state index contributed by atoms with van der Waals surface area (Å²) >= 11 is 0. The summed E-state index contributed by atoms with van der Waals surface area (Å²) in [6.45, 7) is 1.80. The lowest BCUT2D eigenvalue weighted by Crippen LogP contribution is -2.06. The molecule has 0 bridgehead atoms. The van der Waals surface area contributed by atoms with Gasteiger partial charge in [-0.05, 0) is 24.3 Å². The maximum Gasteiger partial charge on any atom is 0.274 e. The van der Waals surface area contributed by atoms with Gasteiger partial charge in [-0.15, -0.1) is 0 Å². The number of carbonyl (C=O) groups excluding carboxylic acids is 1. The Kier molecular flexibility index (Phi) is 4.50. The summed E-state index contributed by atoms with van der Waals surface area (Å²) < 4.78 is 0. The number of amides is 1. The van der Waals surface area contributed by atoms with Gasteiger partial charge in [0.2, 0.25) is 5.91 Å². The molecule has 6 heteroatoms. The quantitative estimate of drug-likeness (QED) is 0.652. The molecule has 0 aliphatic heterocycles. The van der Waals surface area contributed by atoms with Crippen molar-refractivity contribution < 1.29 is 9.72 Å². The molecule has 0 heterocycles. The normalized spacial score (nSPS) is 9.95. The number of carbonyl (C=O) groups is 1. The van der Waals surface area contributed by atoms with E-state index in [-0.39, 0.29) is 11.6 Å². The largest absolute Gasteiger partial charge is 0.381 e. The zero-order valence-electron chi connectivity index (χ0n) is 11.5. The van der Waals surface area contributed by atoms with Crippen molar-refractivity contribution in [2.75, 3.05) is 10.6 Å². The highest BCUT2D eigenvalue weighted by atomic mass is 16.6. The van der Waals surface area contributed by atoms with Gasteiger partial charge < -0.3 is 10.6 Å². The Morgan fingerprint density at radius 2 is 1.71 bits per heavy atom. The van der Waals surface area contributed by atoms with Crippen LogP contribution in [0.5, 0.6) is 0 Å². The molecule has 0 radical (unpaired) electrons. The number of nitro benzene ring substituents is 1. The Morgan fingerprint density at radius 3 is 2.33 bits per heavy atom. The van der Waals surface area contributed by atoms with E-state index in [2.05, 4.69) is 10.6 Å². The zero-order valence-corrected chi connectivity index (χ0v) is 11.5. The van der Waals surface area contributed by atoms with Gasteiger partial charge >= 0.3 is 0 Å². The Morgan fingerprint density at radius 1 is 1.10 bits per heavy atom. The highest BCUT2D eigenvalue weighted by Crippen LogP contribution is 2.20. The summed E-state index contributed by atoms with van der Waals surface area (Å²) in [6, 6.07) is 13.8. The fraction of sp³-hybridized carbons (Fsp3) is 0.133. The number of nitrogens with one attached hydrogen (secondary N) is 2. The van der Waals surface area contributed by atoms with E-state index in [9.17, 15) is 14.9 Å². The molecule has 2 aromatic carbocycles. The molecule has 0 aromatic heterocycles. The molecule has 1 amide bonds. The van der Waals surface area contributed by atoms with Crippen LogP contribution in [0.25, 0.3) is 0 Å². The van der Waals surface area contributed by atoms with E-state index >= 15 is 0 Å². The molecule has 108 valence electrons. The van der Waals surface area contributed by atoms with Crippen LogP contribution in [0.1, 0.15) is 12.5 Å². The lowest BCUT2D eigenvalue weighted by Gasteiger charge is -2.08. The maximum absolute atomic E-state index is 10.9. The number of nitrogens with zero attached hydrogens (tertiary/aromatic N) is 1. The minimum Gasteiger partial charge on any atom is -0.381 e. The van der Waals surface area contributed by atoms with E-state index in [1.165, 1.54) is 13.0 Å². The summed E-state index contributed by atoms with van der Waals surface area (Å²) in [7, 11) is 0. The Labute approximate surface area is 121 Å². The molecule has 0 atom stereocenters. The van der Waals surface area contributed by atoms with Gasteiger partial charge in [-0.25, -0.2) is 0 Å². The molecule has 6 nitrogen and oxygen atoms in total. The van der Waals surface area contributed by atoms with Gasteiger partial charge in [-0.2, -0.15) is 0 Å². The summed E-state index contributed by atoms with van der Waals surface area (Å²) in [6.07, 6.45) is 0. The fourth-order valence-corrected chi connectivity index (χ4v) is 1.91. The van der Waals surface area contributed by atoms with Gasteiger partial charge in [-0.3, -0.25) is 14.9 Å². The van der Waals surface area contributed by atoms with Crippen LogP contribution in [-0.2, 0) is 11.3 Å². The number of para-hydroxylation sites is 1. The topological polar surface area (TPSA) is 84.3 Å². The van der Waals surface area contributed by atoms with Gasteiger partial charge in [0.1, 0.15) is 0 Å². The standard InChI is InChI=1S/C15H15N3O3/c1-11(19)17-14-8-6-13(7-9-14)16-10-12-4-2-3-5-15(12)18(20)21/h2-9,16H,10H2,1H3,(H,17,19). The number of hydrogen-bond donors (Lipinski definition) is 2. The fourth-order valence-electron chi connectivity index (χ4n) is 1.91. The van der Waals surface area contributed by atoms with Gasteiger partial charge in [0, 0.05) is 36.5 Å². The summed E-state index contributed by atoms with van der Waals surface area (Å²) in [5.41, 5.74) is 2.24. The number of anilines is 2. The van der Waals surface area contributed by atoms with Gasteiger partial charge in [0.25, 0.3) is 5.69 Å². The second kappa shape index (κ2) is 6.51. The minimum atomic E-state index is -0.392. The van der Waals surface area contributed by atoms with E-state index in [0.29, 0.717) is 17.8 Å². The van der Waals surface area contributed by atoms with Crippen molar-refractivity contribution in [1.29, 1.82) is 0 Å². The number of rotatable bonds is 5. The average molecular weight is 285 g/mol. The highest BCUT2D eigenvalue weighted by Gasteiger charge is 2.11. The van der Waals surface area contributed by atoms with Gasteiger partial charge in [0.05, 0.1) is 4.92 Å². The van der Waals surface area contributed by atoms with Crippen molar-refractivity contribution >= 4 is 23.0 Å². The molecule has 0 saturated heterocycles.